The predicted molar refractivity (Wildman–Crippen MR) is 114 cm³/mol. The molecular weight excluding hydrogens is 380 g/mol. The highest BCUT2D eigenvalue weighted by Gasteiger charge is 2.20. The van der Waals surface area contributed by atoms with Crippen molar-refractivity contribution in [3.05, 3.63) is 71.8 Å². The summed E-state index contributed by atoms with van der Waals surface area (Å²) in [5.41, 5.74) is 10.2. The summed E-state index contributed by atoms with van der Waals surface area (Å²) in [6.07, 6.45) is 3.77. The number of aromatic nitrogens is 3. The first-order chi connectivity index (χ1) is 14.4. The highest BCUT2D eigenvalue weighted by atomic mass is 16.3. The summed E-state index contributed by atoms with van der Waals surface area (Å²) >= 11 is 0. The number of oxazole rings is 1. The molecule has 0 saturated carbocycles. The van der Waals surface area contributed by atoms with Crippen LogP contribution >= 0.6 is 0 Å². The molecular formula is C23H24N4O3. The minimum absolute atomic E-state index is 0.181. The molecule has 1 amide bonds. The second kappa shape index (κ2) is 8.12. The standard InChI is InChI=1S/C23H24N4O3/c1-14-6-8-17(9-7-14)23-26-18-5-3-4-16(21(18)30-23)10-11-20(15(2)28)27-12-19(22(24)29)25-13-27/h3-9,12-13,15,20,28H,10-11H2,1-2H3,(H2,24,29)/t15-,20+/m0/s1. The third-order valence-corrected chi connectivity index (χ3v) is 5.30. The summed E-state index contributed by atoms with van der Waals surface area (Å²) in [7, 11) is 0. The van der Waals surface area contributed by atoms with Crippen LogP contribution in [-0.4, -0.2) is 31.7 Å². The molecule has 30 heavy (non-hydrogen) atoms. The highest BCUT2D eigenvalue weighted by molar-refractivity contribution is 5.90. The number of nitrogens with zero attached hydrogens (tertiary/aromatic N) is 3. The van der Waals surface area contributed by atoms with Crippen molar-refractivity contribution >= 4 is 17.0 Å². The number of aryl methyl sites for hydroxylation is 2. The molecule has 0 bridgehead atoms. The Morgan fingerprint density at radius 3 is 2.67 bits per heavy atom. The van der Waals surface area contributed by atoms with Gasteiger partial charge in [0.25, 0.3) is 5.91 Å². The van der Waals surface area contributed by atoms with Gasteiger partial charge in [-0.3, -0.25) is 4.79 Å². The lowest BCUT2D eigenvalue weighted by Gasteiger charge is -2.21. The maximum Gasteiger partial charge on any atom is 0.268 e. The highest BCUT2D eigenvalue weighted by Crippen LogP contribution is 2.29. The topological polar surface area (TPSA) is 107 Å². The Kier molecular flexibility index (Phi) is 5.37. The van der Waals surface area contributed by atoms with Crippen LogP contribution in [0.4, 0.5) is 0 Å². The van der Waals surface area contributed by atoms with Gasteiger partial charge in [0.1, 0.15) is 11.2 Å². The van der Waals surface area contributed by atoms with Crippen LogP contribution in [-0.2, 0) is 6.42 Å². The third kappa shape index (κ3) is 3.97. The van der Waals surface area contributed by atoms with Crippen molar-refractivity contribution in [1.29, 1.82) is 0 Å². The molecule has 0 aliphatic heterocycles. The van der Waals surface area contributed by atoms with Gasteiger partial charge in [-0.1, -0.05) is 29.8 Å². The molecule has 2 aromatic carbocycles. The first-order valence-electron chi connectivity index (χ1n) is 9.89. The molecule has 0 unspecified atom stereocenters. The summed E-state index contributed by atoms with van der Waals surface area (Å²) in [6.45, 7) is 3.76. The molecule has 0 radical (unpaired) electrons. The largest absolute Gasteiger partial charge is 0.436 e. The van der Waals surface area contributed by atoms with Crippen LogP contribution in [0.3, 0.4) is 0 Å². The second-order valence-corrected chi connectivity index (χ2v) is 7.57. The van der Waals surface area contributed by atoms with E-state index in [-0.39, 0.29) is 11.7 Å². The number of amides is 1. The smallest absolute Gasteiger partial charge is 0.268 e. The van der Waals surface area contributed by atoms with Crippen LogP contribution in [0.2, 0.25) is 0 Å². The van der Waals surface area contributed by atoms with Crippen molar-refractivity contribution in [2.75, 3.05) is 0 Å². The Bertz CT molecular complexity index is 1170. The minimum Gasteiger partial charge on any atom is -0.436 e. The fraction of sp³-hybridized carbons (Fsp3) is 0.261. The molecule has 0 fully saturated rings. The number of para-hydroxylation sites is 1. The lowest BCUT2D eigenvalue weighted by molar-refractivity contribution is 0.0994. The van der Waals surface area contributed by atoms with Crippen LogP contribution < -0.4 is 5.73 Å². The maximum atomic E-state index is 11.3. The van der Waals surface area contributed by atoms with Crippen LogP contribution in [0.15, 0.2) is 59.4 Å². The number of hydrogen-bond acceptors (Lipinski definition) is 5. The van der Waals surface area contributed by atoms with E-state index in [0.29, 0.717) is 18.7 Å². The Labute approximate surface area is 174 Å². The van der Waals surface area contributed by atoms with Crippen LogP contribution in [0.1, 0.15) is 41.0 Å². The van der Waals surface area contributed by atoms with E-state index in [1.54, 1.807) is 17.7 Å². The molecule has 2 heterocycles. The summed E-state index contributed by atoms with van der Waals surface area (Å²) in [4.78, 5) is 20.0. The van der Waals surface area contributed by atoms with E-state index in [4.69, 9.17) is 10.2 Å². The SMILES string of the molecule is Cc1ccc(-c2nc3cccc(CC[C@H]([C@H](C)O)n4cnc(C(N)=O)c4)c3o2)cc1. The molecule has 0 saturated heterocycles. The molecule has 4 rings (SSSR count). The molecule has 7 nitrogen and oxygen atoms in total. The summed E-state index contributed by atoms with van der Waals surface area (Å²) in [5, 5.41) is 10.3. The van der Waals surface area contributed by atoms with Crippen LogP contribution in [0.5, 0.6) is 0 Å². The van der Waals surface area contributed by atoms with E-state index in [9.17, 15) is 9.90 Å². The van der Waals surface area contributed by atoms with Gasteiger partial charge in [-0.2, -0.15) is 0 Å². The molecule has 2 aromatic heterocycles. The number of fused-ring (bicyclic) bond motifs is 1. The molecule has 7 heteroatoms. The fourth-order valence-electron chi connectivity index (χ4n) is 3.61. The normalized spacial score (nSPS) is 13.4. The zero-order chi connectivity index (χ0) is 21.3. The van der Waals surface area contributed by atoms with Gasteiger partial charge in [-0.15, -0.1) is 0 Å². The van der Waals surface area contributed by atoms with Crippen molar-refractivity contribution in [2.24, 2.45) is 5.73 Å². The number of carbonyl (C=O) groups is 1. The van der Waals surface area contributed by atoms with E-state index >= 15 is 0 Å². The van der Waals surface area contributed by atoms with Gasteiger partial charge in [0.05, 0.1) is 18.5 Å². The van der Waals surface area contributed by atoms with E-state index in [1.165, 1.54) is 11.9 Å². The van der Waals surface area contributed by atoms with Crippen LogP contribution in [0.25, 0.3) is 22.6 Å². The number of carbonyl (C=O) groups excluding carboxylic acids is 1. The maximum absolute atomic E-state index is 11.3. The third-order valence-electron chi connectivity index (χ3n) is 5.30. The molecule has 3 N–H and O–H groups in total. The first-order valence-corrected chi connectivity index (χ1v) is 9.89. The molecule has 154 valence electrons. The molecule has 4 aromatic rings. The Hall–Kier alpha value is -3.45. The molecule has 0 spiro atoms. The van der Waals surface area contributed by atoms with E-state index in [2.05, 4.69) is 9.97 Å². The average molecular weight is 404 g/mol. The lowest BCUT2D eigenvalue weighted by Crippen LogP contribution is -2.21. The molecule has 0 aliphatic rings. The van der Waals surface area contributed by atoms with Crippen molar-refractivity contribution in [3.63, 3.8) is 0 Å². The molecule has 0 aliphatic carbocycles. The minimum atomic E-state index is -0.628. The number of nitrogens with two attached hydrogens (primary N) is 1. The zero-order valence-electron chi connectivity index (χ0n) is 16.9. The van der Waals surface area contributed by atoms with E-state index in [1.807, 2.05) is 49.4 Å². The van der Waals surface area contributed by atoms with Crippen molar-refractivity contribution in [1.82, 2.24) is 14.5 Å². The Morgan fingerprint density at radius 2 is 2.00 bits per heavy atom. The van der Waals surface area contributed by atoms with Gasteiger partial charge in [0.2, 0.25) is 5.89 Å². The number of imidazole rings is 1. The zero-order valence-corrected chi connectivity index (χ0v) is 16.9. The van der Waals surface area contributed by atoms with Crippen molar-refractivity contribution in [2.45, 2.75) is 38.8 Å². The first kappa shape index (κ1) is 19.8. The number of aliphatic hydroxyl groups is 1. The number of benzene rings is 2. The Balaban J connectivity index is 1.59. The van der Waals surface area contributed by atoms with Gasteiger partial charge < -0.3 is 19.8 Å². The summed E-state index contributed by atoms with van der Waals surface area (Å²) < 4.78 is 7.84. The van der Waals surface area contributed by atoms with E-state index in [0.717, 1.165) is 22.2 Å². The van der Waals surface area contributed by atoms with Gasteiger partial charge in [-0.05, 0) is 50.5 Å². The predicted octanol–water partition coefficient (Wildman–Crippen LogP) is 3.65. The Morgan fingerprint density at radius 1 is 1.23 bits per heavy atom. The summed E-state index contributed by atoms with van der Waals surface area (Å²) in [6, 6.07) is 13.7. The number of aliphatic hydroxyl groups excluding tert-OH is 1. The van der Waals surface area contributed by atoms with Gasteiger partial charge in [0.15, 0.2) is 5.58 Å². The lowest BCUT2D eigenvalue weighted by atomic mass is 10.0. The van der Waals surface area contributed by atoms with Gasteiger partial charge in [-0.25, -0.2) is 9.97 Å². The number of rotatable bonds is 7. The summed E-state index contributed by atoms with van der Waals surface area (Å²) in [5.74, 6) is -0.00149. The second-order valence-electron chi connectivity index (χ2n) is 7.57. The van der Waals surface area contributed by atoms with Crippen LogP contribution in [0, 0.1) is 6.92 Å². The number of hydrogen-bond donors (Lipinski definition) is 2. The average Bonchev–Trinajstić information content (AvgIpc) is 3.36. The number of primary amides is 1. The van der Waals surface area contributed by atoms with Gasteiger partial charge >= 0.3 is 0 Å². The molecule has 2 atom stereocenters. The fourth-order valence-corrected chi connectivity index (χ4v) is 3.61. The van der Waals surface area contributed by atoms with Gasteiger partial charge in [0, 0.05) is 11.8 Å². The quantitative estimate of drug-likeness (QED) is 0.489. The van der Waals surface area contributed by atoms with Crippen molar-refractivity contribution < 1.29 is 14.3 Å². The van der Waals surface area contributed by atoms with Crippen molar-refractivity contribution in [3.8, 4) is 11.5 Å². The van der Waals surface area contributed by atoms with E-state index < -0.39 is 12.0 Å². The monoisotopic (exact) mass is 404 g/mol.